The summed E-state index contributed by atoms with van der Waals surface area (Å²) in [6.07, 6.45) is 0. The van der Waals surface area contributed by atoms with Gasteiger partial charge in [0.2, 0.25) is 0 Å². The van der Waals surface area contributed by atoms with Gasteiger partial charge in [-0.05, 0) is 25.6 Å². The summed E-state index contributed by atoms with van der Waals surface area (Å²) in [6.45, 7) is 2.43. The van der Waals surface area contributed by atoms with Crippen molar-refractivity contribution >= 4 is 11.5 Å². The third-order valence-electron chi connectivity index (χ3n) is 2.35. The Morgan fingerprint density at radius 2 is 2.07 bits per heavy atom. The molecule has 3 nitrogen and oxygen atoms in total. The number of ketones is 1. The standard InChI is InChI=1S/C12H18N2O/c1-9-5-6-10(12(15)8-13-2)7-11(9)14(3)4/h5-7,13H,8H2,1-4H3. The number of hydrogen-bond acceptors (Lipinski definition) is 3. The number of carbonyl (C=O) groups excluding carboxylic acids is 1. The lowest BCUT2D eigenvalue weighted by atomic mass is 10.1. The fourth-order valence-corrected chi connectivity index (χ4v) is 1.53. The molecule has 0 unspecified atom stereocenters. The van der Waals surface area contributed by atoms with Crippen LogP contribution in [0.25, 0.3) is 0 Å². The van der Waals surface area contributed by atoms with Gasteiger partial charge in [-0.25, -0.2) is 0 Å². The van der Waals surface area contributed by atoms with Crippen LogP contribution in [0.1, 0.15) is 15.9 Å². The van der Waals surface area contributed by atoms with E-state index in [-0.39, 0.29) is 5.78 Å². The number of benzene rings is 1. The van der Waals surface area contributed by atoms with Gasteiger partial charge < -0.3 is 10.2 Å². The Balaban J connectivity index is 3.02. The Labute approximate surface area is 91.1 Å². The minimum absolute atomic E-state index is 0.126. The highest BCUT2D eigenvalue weighted by Gasteiger charge is 2.07. The summed E-state index contributed by atoms with van der Waals surface area (Å²) >= 11 is 0. The van der Waals surface area contributed by atoms with E-state index in [2.05, 4.69) is 5.32 Å². The molecule has 0 bridgehead atoms. The van der Waals surface area contributed by atoms with Crippen molar-refractivity contribution in [2.45, 2.75) is 6.92 Å². The lowest BCUT2D eigenvalue weighted by Gasteiger charge is -2.16. The molecule has 0 radical (unpaired) electrons. The average Bonchev–Trinajstić information content (AvgIpc) is 2.18. The third kappa shape index (κ3) is 2.80. The number of likely N-dealkylation sites (N-methyl/N-ethyl adjacent to an activating group) is 1. The van der Waals surface area contributed by atoms with E-state index in [1.807, 2.05) is 44.1 Å². The van der Waals surface area contributed by atoms with E-state index < -0.39 is 0 Å². The SMILES string of the molecule is CNCC(=O)c1ccc(C)c(N(C)C)c1. The lowest BCUT2D eigenvalue weighted by Crippen LogP contribution is -2.19. The fourth-order valence-electron chi connectivity index (χ4n) is 1.53. The van der Waals surface area contributed by atoms with Crippen LogP contribution < -0.4 is 10.2 Å². The summed E-state index contributed by atoms with van der Waals surface area (Å²) in [6, 6.07) is 5.80. The van der Waals surface area contributed by atoms with Crippen LogP contribution in [-0.2, 0) is 0 Å². The monoisotopic (exact) mass is 206 g/mol. The molecular weight excluding hydrogens is 188 g/mol. The number of hydrogen-bond donors (Lipinski definition) is 1. The Bertz CT molecular complexity index is 359. The molecule has 0 aliphatic rings. The molecule has 0 fully saturated rings. The third-order valence-corrected chi connectivity index (χ3v) is 2.35. The number of Topliss-reactive ketones (excluding diaryl/α,β-unsaturated/α-hetero) is 1. The van der Waals surface area contributed by atoms with Crippen molar-refractivity contribution in [1.82, 2.24) is 5.32 Å². The van der Waals surface area contributed by atoms with Gasteiger partial charge in [-0.3, -0.25) is 4.79 Å². The Kier molecular flexibility index (Phi) is 3.86. The Morgan fingerprint density at radius 1 is 1.40 bits per heavy atom. The molecule has 1 rings (SSSR count). The zero-order valence-corrected chi connectivity index (χ0v) is 9.79. The van der Waals surface area contributed by atoms with E-state index in [4.69, 9.17) is 0 Å². The van der Waals surface area contributed by atoms with Gasteiger partial charge in [0.1, 0.15) is 0 Å². The topological polar surface area (TPSA) is 32.3 Å². The summed E-state index contributed by atoms with van der Waals surface area (Å²) in [7, 11) is 5.74. The van der Waals surface area contributed by atoms with Gasteiger partial charge in [0, 0.05) is 25.3 Å². The molecule has 0 aliphatic carbocycles. The number of anilines is 1. The van der Waals surface area contributed by atoms with E-state index >= 15 is 0 Å². The summed E-state index contributed by atoms with van der Waals surface area (Å²) < 4.78 is 0. The highest BCUT2D eigenvalue weighted by atomic mass is 16.1. The second kappa shape index (κ2) is 4.94. The molecular formula is C12H18N2O. The van der Waals surface area contributed by atoms with Crippen molar-refractivity contribution in [2.24, 2.45) is 0 Å². The molecule has 0 atom stereocenters. The maximum absolute atomic E-state index is 11.6. The second-order valence-electron chi connectivity index (χ2n) is 3.85. The van der Waals surface area contributed by atoms with E-state index in [0.717, 1.165) is 11.3 Å². The minimum atomic E-state index is 0.126. The first-order chi connectivity index (χ1) is 7.06. The van der Waals surface area contributed by atoms with Gasteiger partial charge in [0.15, 0.2) is 5.78 Å². The predicted octanol–water partition coefficient (Wildman–Crippen LogP) is 1.46. The lowest BCUT2D eigenvalue weighted by molar-refractivity contribution is 0.0993. The van der Waals surface area contributed by atoms with Crippen LogP contribution in [0.15, 0.2) is 18.2 Å². The maximum atomic E-state index is 11.6. The molecule has 0 spiro atoms. The summed E-state index contributed by atoms with van der Waals surface area (Å²) in [4.78, 5) is 13.7. The molecule has 1 N–H and O–H groups in total. The zero-order valence-electron chi connectivity index (χ0n) is 9.79. The van der Waals surface area contributed by atoms with Crippen molar-refractivity contribution < 1.29 is 4.79 Å². The van der Waals surface area contributed by atoms with E-state index in [9.17, 15) is 4.79 Å². The predicted molar refractivity (Wildman–Crippen MR) is 63.8 cm³/mol. The average molecular weight is 206 g/mol. The molecule has 0 saturated heterocycles. The van der Waals surface area contributed by atoms with Crippen LogP contribution in [0.2, 0.25) is 0 Å². The van der Waals surface area contributed by atoms with E-state index in [0.29, 0.717) is 6.54 Å². The maximum Gasteiger partial charge on any atom is 0.176 e. The van der Waals surface area contributed by atoms with Crippen LogP contribution in [0.3, 0.4) is 0 Å². The molecule has 0 aliphatic heterocycles. The van der Waals surface area contributed by atoms with Crippen molar-refractivity contribution in [3.05, 3.63) is 29.3 Å². The minimum Gasteiger partial charge on any atom is -0.377 e. The molecule has 0 amide bonds. The molecule has 0 aromatic heterocycles. The van der Waals surface area contributed by atoms with Crippen LogP contribution in [0.5, 0.6) is 0 Å². The van der Waals surface area contributed by atoms with Gasteiger partial charge >= 0.3 is 0 Å². The van der Waals surface area contributed by atoms with Crippen LogP contribution in [-0.4, -0.2) is 33.5 Å². The largest absolute Gasteiger partial charge is 0.377 e. The number of rotatable bonds is 4. The van der Waals surface area contributed by atoms with Crippen molar-refractivity contribution in [3.8, 4) is 0 Å². The first-order valence-electron chi connectivity index (χ1n) is 5.02. The van der Waals surface area contributed by atoms with Gasteiger partial charge in [-0.2, -0.15) is 0 Å². The van der Waals surface area contributed by atoms with Gasteiger partial charge in [0.05, 0.1) is 6.54 Å². The first-order valence-corrected chi connectivity index (χ1v) is 5.02. The molecule has 1 aromatic rings. The summed E-state index contributed by atoms with van der Waals surface area (Å²) in [5.41, 5.74) is 3.04. The van der Waals surface area contributed by atoms with E-state index in [1.54, 1.807) is 7.05 Å². The number of carbonyl (C=O) groups is 1. The highest BCUT2D eigenvalue weighted by Crippen LogP contribution is 2.19. The molecule has 3 heteroatoms. The molecule has 1 aromatic carbocycles. The highest BCUT2D eigenvalue weighted by molar-refractivity contribution is 5.98. The number of aryl methyl sites for hydroxylation is 1. The quantitative estimate of drug-likeness (QED) is 0.757. The Hall–Kier alpha value is -1.35. The normalized spacial score (nSPS) is 10.1. The van der Waals surface area contributed by atoms with Gasteiger partial charge in [-0.15, -0.1) is 0 Å². The van der Waals surface area contributed by atoms with Crippen LogP contribution >= 0.6 is 0 Å². The molecule has 82 valence electrons. The van der Waals surface area contributed by atoms with Crippen LogP contribution in [0, 0.1) is 6.92 Å². The summed E-state index contributed by atoms with van der Waals surface area (Å²) in [5.74, 6) is 0.126. The number of nitrogens with one attached hydrogen (secondary N) is 1. The van der Waals surface area contributed by atoms with Crippen molar-refractivity contribution in [3.63, 3.8) is 0 Å². The van der Waals surface area contributed by atoms with Gasteiger partial charge in [-0.1, -0.05) is 12.1 Å². The van der Waals surface area contributed by atoms with E-state index in [1.165, 1.54) is 5.56 Å². The molecule has 0 saturated carbocycles. The van der Waals surface area contributed by atoms with Crippen LogP contribution in [0.4, 0.5) is 5.69 Å². The van der Waals surface area contributed by atoms with Crippen molar-refractivity contribution in [1.29, 1.82) is 0 Å². The molecule has 15 heavy (non-hydrogen) atoms. The smallest absolute Gasteiger partial charge is 0.176 e. The Morgan fingerprint density at radius 3 is 2.60 bits per heavy atom. The fraction of sp³-hybridized carbons (Fsp3) is 0.417. The zero-order chi connectivity index (χ0) is 11.4. The number of nitrogens with zero attached hydrogens (tertiary/aromatic N) is 1. The van der Waals surface area contributed by atoms with Gasteiger partial charge in [0.25, 0.3) is 0 Å². The summed E-state index contributed by atoms with van der Waals surface area (Å²) in [5, 5.41) is 2.87. The second-order valence-corrected chi connectivity index (χ2v) is 3.85. The first kappa shape index (κ1) is 11.7. The van der Waals surface area contributed by atoms with Crippen molar-refractivity contribution in [2.75, 3.05) is 32.6 Å². The molecule has 0 heterocycles.